The van der Waals surface area contributed by atoms with Crippen molar-refractivity contribution in [2.45, 2.75) is 0 Å². The average Bonchev–Trinajstić information content (AvgIpc) is 2.57. The van der Waals surface area contributed by atoms with E-state index in [9.17, 15) is 4.79 Å². The molecule has 0 fully saturated rings. The highest BCUT2D eigenvalue weighted by atomic mass is 35.5. The first kappa shape index (κ1) is 10.1. The molecule has 0 aromatic heterocycles. The Kier molecular flexibility index (Phi) is 2.60. The van der Waals surface area contributed by atoms with Crippen LogP contribution in [0.25, 0.3) is 10.8 Å². The van der Waals surface area contributed by atoms with Crippen molar-refractivity contribution in [2.75, 3.05) is 0 Å². The Bertz CT molecular complexity index is 453. The molecular weight excluding hydrogens is 242 g/mol. The maximum absolute atomic E-state index is 10.9. The second kappa shape index (κ2) is 3.08. The zero-order valence-electron chi connectivity index (χ0n) is 5.53. The van der Waals surface area contributed by atoms with Crippen LogP contribution in [0.4, 0.5) is 0 Å². The number of hydrogen-bond donors (Lipinski definition) is 0. The first-order valence-corrected chi connectivity index (χ1v) is 3.98. The number of halogens is 4. The van der Waals surface area contributed by atoms with Gasteiger partial charge in [-0.1, -0.05) is 34.8 Å². The summed E-state index contributed by atoms with van der Waals surface area (Å²) in [4.78, 5) is 10.9. The molecule has 0 bridgehead atoms. The second-order valence-electron chi connectivity index (χ2n) is 2.24. The molecule has 0 N–H and O–H groups in total. The zero-order valence-corrected chi connectivity index (χ0v) is 8.61. The summed E-state index contributed by atoms with van der Waals surface area (Å²) < 4.78 is 0. The van der Waals surface area contributed by atoms with Gasteiger partial charge in [0.25, 0.3) is 0 Å². The van der Waals surface area contributed by atoms with Crippen LogP contribution in [-0.4, -0.2) is 0 Å². The normalized spacial score (nSPS) is 10.6. The summed E-state index contributed by atoms with van der Waals surface area (Å²) in [5, 5.41) is 1.98. The van der Waals surface area contributed by atoms with Gasteiger partial charge in [-0.15, -0.1) is 12.4 Å². The van der Waals surface area contributed by atoms with Gasteiger partial charge in [-0.25, -0.2) is 0 Å². The minimum atomic E-state index is -0.0520. The van der Waals surface area contributed by atoms with Crippen molar-refractivity contribution in [2.24, 2.45) is 0 Å². The summed E-state index contributed by atoms with van der Waals surface area (Å²) in [6.45, 7) is 0. The van der Waals surface area contributed by atoms with Crippen LogP contribution < -0.4 is 5.43 Å². The minimum Gasteiger partial charge on any atom is -0.289 e. The molecule has 0 heterocycles. The Morgan fingerprint density at radius 3 is 2.25 bits per heavy atom. The summed E-state index contributed by atoms with van der Waals surface area (Å²) in [5.41, 5.74) is -0.0520. The van der Waals surface area contributed by atoms with E-state index >= 15 is 0 Å². The summed E-state index contributed by atoms with van der Waals surface area (Å²) >= 11 is 17.0. The molecular formula is C7H2Cl4O. The predicted molar refractivity (Wildman–Crippen MR) is 54.9 cm³/mol. The van der Waals surface area contributed by atoms with E-state index in [4.69, 9.17) is 34.8 Å². The Morgan fingerprint density at radius 2 is 1.67 bits per heavy atom. The predicted octanol–water partition coefficient (Wildman–Crippen LogP) is 3.46. The molecule has 64 valence electrons. The third-order valence-electron chi connectivity index (χ3n) is 1.57. The second-order valence-corrected chi connectivity index (χ2v) is 3.40. The lowest BCUT2D eigenvalue weighted by Crippen LogP contribution is -1.68. The number of hydrogen-bond acceptors (Lipinski definition) is 1. The van der Waals surface area contributed by atoms with E-state index in [-0.39, 0.29) is 27.9 Å². The molecule has 0 amide bonds. The third kappa shape index (κ3) is 1.21. The summed E-state index contributed by atoms with van der Waals surface area (Å²) in [6, 6.07) is 1.54. The van der Waals surface area contributed by atoms with E-state index in [1.165, 1.54) is 6.07 Å². The number of rotatable bonds is 0. The molecule has 0 aliphatic rings. The third-order valence-corrected chi connectivity index (χ3v) is 2.83. The van der Waals surface area contributed by atoms with Crippen LogP contribution in [0.5, 0.6) is 0 Å². The van der Waals surface area contributed by atoms with Crippen molar-refractivity contribution in [1.82, 2.24) is 0 Å². The van der Waals surface area contributed by atoms with E-state index in [1.807, 2.05) is 0 Å². The Balaban J connectivity index is 0.000000720. The van der Waals surface area contributed by atoms with Gasteiger partial charge < -0.3 is 0 Å². The Labute approximate surface area is 89.3 Å². The fourth-order valence-electron chi connectivity index (χ4n) is 0.944. The fraction of sp³-hybridized carbons (Fsp3) is 0. The molecule has 0 saturated heterocycles. The smallest absolute Gasteiger partial charge is 0.196 e. The Morgan fingerprint density at radius 1 is 1.08 bits per heavy atom. The van der Waals surface area contributed by atoms with E-state index in [1.54, 1.807) is 0 Å². The SMILES string of the molecule is Cl.O=c1c2cc(Cl)c(Cl)c(Cl)c12. The van der Waals surface area contributed by atoms with Crippen LogP contribution in [0.2, 0.25) is 15.1 Å². The lowest BCUT2D eigenvalue weighted by Gasteiger charge is -1.92. The summed E-state index contributed by atoms with van der Waals surface area (Å²) in [5.74, 6) is 0. The number of benzene rings is 1. The van der Waals surface area contributed by atoms with Gasteiger partial charge in [-0.05, 0) is 6.07 Å². The van der Waals surface area contributed by atoms with Crippen molar-refractivity contribution in [3.8, 4) is 0 Å². The molecule has 0 radical (unpaired) electrons. The minimum absolute atomic E-state index is 0. The molecule has 12 heavy (non-hydrogen) atoms. The lowest BCUT2D eigenvalue weighted by atomic mass is 10.4. The molecule has 2 rings (SSSR count). The largest absolute Gasteiger partial charge is 0.289 e. The molecule has 0 unspecified atom stereocenters. The quantitative estimate of drug-likeness (QED) is 0.648. The van der Waals surface area contributed by atoms with Gasteiger partial charge >= 0.3 is 0 Å². The zero-order chi connectivity index (χ0) is 8.17. The van der Waals surface area contributed by atoms with Gasteiger partial charge in [0, 0.05) is 5.39 Å². The Hall–Kier alpha value is 0.0500. The van der Waals surface area contributed by atoms with Gasteiger partial charge in [0.2, 0.25) is 0 Å². The van der Waals surface area contributed by atoms with Crippen molar-refractivity contribution < 1.29 is 0 Å². The van der Waals surface area contributed by atoms with E-state index in [0.29, 0.717) is 15.8 Å². The molecule has 0 atom stereocenters. The van der Waals surface area contributed by atoms with Crippen molar-refractivity contribution in [3.63, 3.8) is 0 Å². The van der Waals surface area contributed by atoms with Crippen molar-refractivity contribution >= 4 is 58.0 Å². The molecule has 0 aliphatic heterocycles. The van der Waals surface area contributed by atoms with E-state index in [0.717, 1.165) is 0 Å². The van der Waals surface area contributed by atoms with Gasteiger partial charge in [0.05, 0.1) is 20.5 Å². The van der Waals surface area contributed by atoms with Crippen LogP contribution in [0.15, 0.2) is 10.9 Å². The molecule has 1 nitrogen and oxygen atoms in total. The van der Waals surface area contributed by atoms with Crippen molar-refractivity contribution in [1.29, 1.82) is 0 Å². The maximum atomic E-state index is 10.9. The first-order valence-electron chi connectivity index (χ1n) is 2.85. The van der Waals surface area contributed by atoms with Gasteiger partial charge in [0.15, 0.2) is 5.43 Å². The maximum Gasteiger partial charge on any atom is 0.196 e. The van der Waals surface area contributed by atoms with Gasteiger partial charge in [-0.3, -0.25) is 4.79 Å². The fourth-order valence-corrected chi connectivity index (χ4v) is 1.63. The highest BCUT2D eigenvalue weighted by Crippen LogP contribution is 2.37. The van der Waals surface area contributed by atoms with Crippen LogP contribution in [0, 0.1) is 0 Å². The van der Waals surface area contributed by atoms with Gasteiger partial charge in [0.1, 0.15) is 0 Å². The van der Waals surface area contributed by atoms with Crippen LogP contribution in [0.3, 0.4) is 0 Å². The lowest BCUT2D eigenvalue weighted by molar-refractivity contribution is 1.87. The van der Waals surface area contributed by atoms with Crippen LogP contribution >= 0.6 is 47.2 Å². The topological polar surface area (TPSA) is 17.1 Å². The molecule has 2 aromatic rings. The van der Waals surface area contributed by atoms with Crippen LogP contribution in [-0.2, 0) is 0 Å². The van der Waals surface area contributed by atoms with Crippen molar-refractivity contribution in [3.05, 3.63) is 31.4 Å². The number of fused-ring (bicyclic) bond motifs is 1. The first-order chi connectivity index (χ1) is 5.13. The standard InChI is InChI=1S/C7HCl3O.ClH/c8-3-1-2-4(7(2)11)6(10)5(3)9;/h1H;1H. The van der Waals surface area contributed by atoms with Crippen LogP contribution in [0.1, 0.15) is 0 Å². The molecule has 0 aliphatic carbocycles. The van der Waals surface area contributed by atoms with Gasteiger partial charge in [-0.2, -0.15) is 0 Å². The molecule has 2 aromatic carbocycles. The monoisotopic (exact) mass is 242 g/mol. The van der Waals surface area contributed by atoms with E-state index in [2.05, 4.69) is 0 Å². The highest BCUT2D eigenvalue weighted by Gasteiger charge is 2.20. The average molecular weight is 244 g/mol. The van der Waals surface area contributed by atoms with E-state index < -0.39 is 0 Å². The molecule has 0 saturated carbocycles. The molecule has 5 heteroatoms. The molecule has 0 spiro atoms. The highest BCUT2D eigenvalue weighted by molar-refractivity contribution is 6.51. The summed E-state index contributed by atoms with van der Waals surface area (Å²) in [7, 11) is 0. The summed E-state index contributed by atoms with van der Waals surface area (Å²) in [6.07, 6.45) is 0.